The minimum absolute atomic E-state index is 0.318. The smallest absolute Gasteiger partial charge is 0.408 e. The molecule has 2 aromatic carbocycles. The van der Waals surface area contributed by atoms with Crippen LogP contribution in [-0.4, -0.2) is 23.2 Å². The Labute approximate surface area is 162 Å². The quantitative estimate of drug-likeness (QED) is 0.715. The number of hydrogen-bond acceptors (Lipinski definition) is 5. The average molecular weight is 371 g/mol. The SMILES string of the molecule is COc1cccc([C@H]2OC(=O)N[C@@H]2c2cccc(C#Cc3cncnc3)c2)c1. The largest absolute Gasteiger partial charge is 0.497 e. The number of carbonyl (C=O) groups excluding carboxylic acids is 1. The van der Waals surface area contributed by atoms with Crippen LogP contribution < -0.4 is 10.1 Å². The van der Waals surface area contributed by atoms with Gasteiger partial charge in [-0.15, -0.1) is 0 Å². The van der Waals surface area contributed by atoms with E-state index in [1.807, 2.05) is 48.5 Å². The lowest BCUT2D eigenvalue weighted by molar-refractivity contribution is 0.132. The molecular weight excluding hydrogens is 354 g/mol. The summed E-state index contributed by atoms with van der Waals surface area (Å²) in [6, 6.07) is 14.9. The Bertz CT molecular complexity index is 1060. The van der Waals surface area contributed by atoms with E-state index in [4.69, 9.17) is 9.47 Å². The van der Waals surface area contributed by atoms with Gasteiger partial charge in [0.2, 0.25) is 0 Å². The molecule has 1 fully saturated rings. The number of aromatic nitrogens is 2. The fourth-order valence-corrected chi connectivity index (χ4v) is 3.07. The van der Waals surface area contributed by atoms with Gasteiger partial charge in [0.1, 0.15) is 12.1 Å². The number of cyclic esters (lactones) is 1. The van der Waals surface area contributed by atoms with Gasteiger partial charge in [-0.25, -0.2) is 14.8 Å². The van der Waals surface area contributed by atoms with Gasteiger partial charge in [0.05, 0.1) is 18.7 Å². The molecule has 0 bridgehead atoms. The van der Waals surface area contributed by atoms with Crippen LogP contribution in [0.5, 0.6) is 5.75 Å². The Morgan fingerprint density at radius 3 is 2.57 bits per heavy atom. The van der Waals surface area contributed by atoms with Crippen molar-refractivity contribution >= 4 is 6.09 Å². The number of rotatable bonds is 3. The molecule has 0 aliphatic carbocycles. The highest BCUT2D eigenvalue weighted by Gasteiger charge is 2.36. The summed E-state index contributed by atoms with van der Waals surface area (Å²) in [5, 5.41) is 2.89. The van der Waals surface area contributed by atoms with Crippen molar-refractivity contribution in [1.82, 2.24) is 15.3 Å². The lowest BCUT2D eigenvalue weighted by Crippen LogP contribution is -2.19. The van der Waals surface area contributed by atoms with E-state index in [0.717, 1.165) is 22.3 Å². The number of hydrogen-bond donors (Lipinski definition) is 1. The van der Waals surface area contributed by atoms with E-state index in [1.54, 1.807) is 19.5 Å². The minimum atomic E-state index is -0.451. The Morgan fingerprint density at radius 2 is 1.75 bits per heavy atom. The molecule has 1 aromatic heterocycles. The topological polar surface area (TPSA) is 73.3 Å². The van der Waals surface area contributed by atoms with Gasteiger partial charge < -0.3 is 14.8 Å². The highest BCUT2D eigenvalue weighted by atomic mass is 16.6. The van der Waals surface area contributed by atoms with Crippen molar-refractivity contribution in [2.45, 2.75) is 12.1 Å². The van der Waals surface area contributed by atoms with Crippen molar-refractivity contribution in [1.29, 1.82) is 0 Å². The lowest BCUT2D eigenvalue weighted by Gasteiger charge is -2.18. The lowest BCUT2D eigenvalue weighted by atomic mass is 9.95. The summed E-state index contributed by atoms with van der Waals surface area (Å²) in [5.41, 5.74) is 3.34. The molecule has 0 unspecified atom stereocenters. The summed E-state index contributed by atoms with van der Waals surface area (Å²) in [6.45, 7) is 0. The van der Waals surface area contributed by atoms with E-state index in [9.17, 15) is 4.79 Å². The highest BCUT2D eigenvalue weighted by Crippen LogP contribution is 2.37. The van der Waals surface area contributed by atoms with Gasteiger partial charge in [0.25, 0.3) is 0 Å². The van der Waals surface area contributed by atoms with Crippen LogP contribution in [0.15, 0.2) is 67.3 Å². The van der Waals surface area contributed by atoms with E-state index in [-0.39, 0.29) is 6.04 Å². The van der Waals surface area contributed by atoms with Crippen LogP contribution in [0.25, 0.3) is 0 Å². The zero-order valence-electron chi connectivity index (χ0n) is 15.1. The number of benzene rings is 2. The van der Waals surface area contributed by atoms with E-state index in [2.05, 4.69) is 27.1 Å². The number of amides is 1. The maximum atomic E-state index is 12.0. The van der Waals surface area contributed by atoms with Gasteiger partial charge in [-0.05, 0) is 35.4 Å². The first kappa shape index (κ1) is 17.6. The molecule has 138 valence electrons. The first-order valence-corrected chi connectivity index (χ1v) is 8.71. The van der Waals surface area contributed by atoms with Gasteiger partial charge in [0, 0.05) is 18.0 Å². The average Bonchev–Trinajstić information content (AvgIpc) is 3.15. The second-order valence-corrected chi connectivity index (χ2v) is 6.23. The molecule has 1 aliphatic rings. The second-order valence-electron chi connectivity index (χ2n) is 6.23. The van der Waals surface area contributed by atoms with Gasteiger partial charge in [-0.2, -0.15) is 0 Å². The van der Waals surface area contributed by atoms with Crippen molar-refractivity contribution in [3.8, 4) is 17.6 Å². The standard InChI is InChI=1S/C22H17N3O3/c1-27-19-7-3-6-18(11-19)21-20(25-22(26)28-21)17-5-2-4-15(10-17)8-9-16-12-23-14-24-13-16/h2-7,10-14,20-21H,1H3,(H,25,26)/t20-,21-/m1/s1. The van der Waals surface area contributed by atoms with Crippen LogP contribution in [0.2, 0.25) is 0 Å². The molecule has 0 radical (unpaired) electrons. The molecule has 3 aromatic rings. The molecule has 1 aliphatic heterocycles. The van der Waals surface area contributed by atoms with Crippen molar-refractivity contribution in [2.24, 2.45) is 0 Å². The van der Waals surface area contributed by atoms with Gasteiger partial charge in [0.15, 0.2) is 6.10 Å². The minimum Gasteiger partial charge on any atom is -0.497 e. The maximum absolute atomic E-state index is 12.0. The predicted octanol–water partition coefficient (Wildman–Crippen LogP) is 3.41. The van der Waals surface area contributed by atoms with E-state index in [0.29, 0.717) is 5.75 Å². The Morgan fingerprint density at radius 1 is 1.00 bits per heavy atom. The third-order valence-electron chi connectivity index (χ3n) is 4.39. The third kappa shape index (κ3) is 3.79. The molecule has 2 atom stereocenters. The molecule has 28 heavy (non-hydrogen) atoms. The third-order valence-corrected chi connectivity index (χ3v) is 4.39. The van der Waals surface area contributed by atoms with Crippen LogP contribution in [-0.2, 0) is 4.74 Å². The van der Waals surface area contributed by atoms with Crippen molar-refractivity contribution < 1.29 is 14.3 Å². The van der Waals surface area contributed by atoms with Gasteiger partial charge >= 0.3 is 6.09 Å². The van der Waals surface area contributed by atoms with Crippen LogP contribution in [0, 0.1) is 11.8 Å². The summed E-state index contributed by atoms with van der Waals surface area (Å²) in [5.74, 6) is 6.85. The molecule has 6 heteroatoms. The van der Waals surface area contributed by atoms with Crippen LogP contribution in [0.3, 0.4) is 0 Å². The summed E-state index contributed by atoms with van der Waals surface area (Å²) >= 11 is 0. The number of ether oxygens (including phenoxy) is 2. The molecule has 1 saturated heterocycles. The Kier molecular flexibility index (Phi) is 4.89. The van der Waals surface area contributed by atoms with Crippen molar-refractivity contribution in [3.63, 3.8) is 0 Å². The monoisotopic (exact) mass is 371 g/mol. The molecule has 6 nitrogen and oxygen atoms in total. The van der Waals surface area contributed by atoms with Crippen LogP contribution >= 0.6 is 0 Å². The number of alkyl carbamates (subject to hydrolysis) is 1. The van der Waals surface area contributed by atoms with Crippen molar-refractivity contribution in [2.75, 3.05) is 7.11 Å². The molecule has 4 rings (SSSR count). The molecular formula is C22H17N3O3. The van der Waals surface area contributed by atoms with Gasteiger partial charge in [-0.3, -0.25) is 0 Å². The summed E-state index contributed by atoms with van der Waals surface area (Å²) in [6.07, 6.45) is 3.89. The Balaban J connectivity index is 1.64. The first-order chi connectivity index (χ1) is 13.7. The molecule has 2 heterocycles. The number of methoxy groups -OCH3 is 1. The summed E-state index contributed by atoms with van der Waals surface area (Å²) < 4.78 is 10.8. The second kappa shape index (κ2) is 7.80. The van der Waals surface area contributed by atoms with Crippen LogP contribution in [0.4, 0.5) is 4.79 Å². The normalized spacial score (nSPS) is 17.8. The fraction of sp³-hybridized carbons (Fsp3) is 0.136. The number of nitrogens with zero attached hydrogens (tertiary/aromatic N) is 2. The molecule has 1 amide bonds. The summed E-state index contributed by atoms with van der Waals surface area (Å²) in [4.78, 5) is 19.9. The maximum Gasteiger partial charge on any atom is 0.408 e. The van der Waals surface area contributed by atoms with E-state index >= 15 is 0 Å². The number of carbonyl (C=O) groups is 1. The van der Waals surface area contributed by atoms with E-state index < -0.39 is 12.2 Å². The molecule has 0 saturated carbocycles. The summed E-state index contributed by atoms with van der Waals surface area (Å²) in [7, 11) is 1.61. The first-order valence-electron chi connectivity index (χ1n) is 8.71. The zero-order valence-corrected chi connectivity index (χ0v) is 15.1. The zero-order chi connectivity index (χ0) is 19.3. The van der Waals surface area contributed by atoms with Gasteiger partial charge in [-0.1, -0.05) is 36.1 Å². The molecule has 0 spiro atoms. The van der Waals surface area contributed by atoms with Crippen molar-refractivity contribution in [3.05, 3.63) is 89.5 Å². The fourth-order valence-electron chi connectivity index (χ4n) is 3.07. The van der Waals surface area contributed by atoms with Crippen LogP contribution in [0.1, 0.15) is 34.4 Å². The Hall–Kier alpha value is -3.85. The van der Waals surface area contributed by atoms with E-state index in [1.165, 1.54) is 6.33 Å². The predicted molar refractivity (Wildman–Crippen MR) is 103 cm³/mol. The molecule has 1 N–H and O–H groups in total. The number of nitrogens with one attached hydrogen (secondary N) is 1. The highest BCUT2D eigenvalue weighted by molar-refractivity contribution is 5.71.